The highest BCUT2D eigenvalue weighted by atomic mass is 35.5. The molecule has 2 aromatic carbocycles. The lowest BCUT2D eigenvalue weighted by atomic mass is 10.2. The van der Waals surface area contributed by atoms with Crippen molar-refractivity contribution >= 4 is 51.9 Å². The van der Waals surface area contributed by atoms with Crippen molar-refractivity contribution in [1.82, 2.24) is 4.98 Å². The Balaban J connectivity index is 1.68. The van der Waals surface area contributed by atoms with Crippen molar-refractivity contribution in [3.05, 3.63) is 58.4 Å². The number of fused-ring (bicyclic) bond motifs is 1. The summed E-state index contributed by atoms with van der Waals surface area (Å²) < 4.78 is 10.3. The number of carbonyl (C=O) groups excluding carboxylic acids is 2. The van der Waals surface area contributed by atoms with Crippen LogP contribution in [0.25, 0.3) is 11.1 Å². The average Bonchev–Trinajstić information content (AvgIpc) is 3.05. The number of hydrogen-bond acceptors (Lipinski definition) is 5. The number of ether oxygens (including phenoxy) is 1. The predicted molar refractivity (Wildman–Crippen MR) is 94.0 cm³/mol. The molecule has 3 rings (SSSR count). The number of amides is 1. The second-order valence-corrected chi connectivity index (χ2v) is 6.04. The van der Waals surface area contributed by atoms with Gasteiger partial charge in [-0.05, 0) is 43.3 Å². The Morgan fingerprint density at radius 3 is 2.80 bits per heavy atom. The Morgan fingerprint density at radius 2 is 2.00 bits per heavy atom. The first kappa shape index (κ1) is 17.3. The van der Waals surface area contributed by atoms with E-state index < -0.39 is 18.0 Å². The van der Waals surface area contributed by atoms with Crippen LogP contribution in [0.5, 0.6) is 0 Å². The maximum atomic E-state index is 12.2. The lowest BCUT2D eigenvalue weighted by Crippen LogP contribution is -2.30. The van der Waals surface area contributed by atoms with Gasteiger partial charge in [0.1, 0.15) is 5.52 Å². The third-order valence-corrected chi connectivity index (χ3v) is 3.97. The number of oxazole rings is 1. The van der Waals surface area contributed by atoms with Crippen molar-refractivity contribution < 1.29 is 18.7 Å². The molecule has 0 spiro atoms. The fraction of sp³-hybridized carbons (Fsp3) is 0.118. The number of esters is 1. The highest BCUT2D eigenvalue weighted by molar-refractivity contribution is 6.35. The summed E-state index contributed by atoms with van der Waals surface area (Å²) in [6.45, 7) is 1.46. The van der Waals surface area contributed by atoms with Crippen LogP contribution in [-0.4, -0.2) is 23.0 Å². The molecular formula is C17H12Cl2N2O4. The van der Waals surface area contributed by atoms with Crippen molar-refractivity contribution in [1.29, 1.82) is 0 Å². The molecule has 0 aliphatic heterocycles. The van der Waals surface area contributed by atoms with E-state index in [2.05, 4.69) is 10.3 Å². The van der Waals surface area contributed by atoms with E-state index in [1.807, 2.05) is 0 Å². The molecule has 128 valence electrons. The molecule has 1 aromatic heterocycles. The first-order valence-electron chi connectivity index (χ1n) is 7.24. The molecule has 0 bridgehead atoms. The van der Waals surface area contributed by atoms with Crippen LogP contribution in [0, 0.1) is 0 Å². The van der Waals surface area contributed by atoms with Crippen molar-refractivity contribution in [2.45, 2.75) is 13.0 Å². The predicted octanol–water partition coefficient (Wildman–Crippen LogP) is 4.32. The highest BCUT2D eigenvalue weighted by Crippen LogP contribution is 2.25. The summed E-state index contributed by atoms with van der Waals surface area (Å²) in [6, 6.07) is 9.35. The van der Waals surface area contributed by atoms with E-state index in [0.717, 1.165) is 0 Å². The van der Waals surface area contributed by atoms with Crippen LogP contribution in [-0.2, 0) is 9.53 Å². The zero-order chi connectivity index (χ0) is 18.0. The lowest BCUT2D eigenvalue weighted by molar-refractivity contribution is -0.123. The van der Waals surface area contributed by atoms with Gasteiger partial charge in [-0.15, -0.1) is 0 Å². The monoisotopic (exact) mass is 378 g/mol. The van der Waals surface area contributed by atoms with E-state index in [9.17, 15) is 9.59 Å². The maximum Gasteiger partial charge on any atom is 0.339 e. The van der Waals surface area contributed by atoms with Crippen molar-refractivity contribution in [2.24, 2.45) is 0 Å². The third kappa shape index (κ3) is 3.92. The molecule has 3 aromatic rings. The third-order valence-electron chi connectivity index (χ3n) is 3.41. The molecule has 0 fully saturated rings. The molecule has 8 heteroatoms. The van der Waals surface area contributed by atoms with Gasteiger partial charge in [-0.3, -0.25) is 4.79 Å². The maximum absolute atomic E-state index is 12.2. The summed E-state index contributed by atoms with van der Waals surface area (Å²) in [6.07, 6.45) is 0.248. The van der Waals surface area contributed by atoms with E-state index in [-0.39, 0.29) is 5.56 Å². The van der Waals surface area contributed by atoms with Crippen LogP contribution in [0.3, 0.4) is 0 Å². The van der Waals surface area contributed by atoms with Gasteiger partial charge in [0.25, 0.3) is 5.91 Å². The van der Waals surface area contributed by atoms with Crippen LogP contribution >= 0.6 is 23.2 Å². The minimum absolute atomic E-state index is 0.254. The molecule has 0 radical (unpaired) electrons. The Hall–Kier alpha value is -2.57. The SMILES string of the molecule is CC(OC(=O)c1ccc2ncoc2c1)C(=O)Nc1cc(Cl)ccc1Cl. The van der Waals surface area contributed by atoms with Crippen LogP contribution in [0.15, 0.2) is 47.2 Å². The van der Waals surface area contributed by atoms with Gasteiger partial charge in [-0.25, -0.2) is 9.78 Å². The van der Waals surface area contributed by atoms with E-state index in [4.69, 9.17) is 32.4 Å². The zero-order valence-corrected chi connectivity index (χ0v) is 14.5. The molecule has 1 unspecified atom stereocenters. The number of rotatable bonds is 4. The van der Waals surface area contributed by atoms with Crippen LogP contribution < -0.4 is 5.32 Å². The van der Waals surface area contributed by atoms with Gasteiger partial charge in [-0.1, -0.05) is 23.2 Å². The molecule has 1 heterocycles. The fourth-order valence-electron chi connectivity index (χ4n) is 2.09. The smallest absolute Gasteiger partial charge is 0.339 e. The van der Waals surface area contributed by atoms with Gasteiger partial charge < -0.3 is 14.5 Å². The first-order chi connectivity index (χ1) is 11.9. The van der Waals surface area contributed by atoms with Crippen molar-refractivity contribution in [2.75, 3.05) is 5.32 Å². The molecule has 25 heavy (non-hydrogen) atoms. The van der Waals surface area contributed by atoms with Gasteiger partial charge in [0.05, 0.1) is 16.3 Å². The Labute approximate surface area is 152 Å². The molecule has 1 atom stereocenters. The minimum Gasteiger partial charge on any atom is -0.449 e. The van der Waals surface area contributed by atoms with Crippen molar-refractivity contribution in [3.8, 4) is 0 Å². The van der Waals surface area contributed by atoms with Gasteiger partial charge in [0.2, 0.25) is 0 Å². The number of halogens is 2. The number of nitrogens with zero attached hydrogens (tertiary/aromatic N) is 1. The summed E-state index contributed by atoms with van der Waals surface area (Å²) in [4.78, 5) is 28.3. The van der Waals surface area contributed by atoms with E-state index in [1.165, 1.54) is 25.5 Å². The fourth-order valence-corrected chi connectivity index (χ4v) is 2.43. The van der Waals surface area contributed by atoms with E-state index in [1.54, 1.807) is 24.3 Å². The Kier molecular flexibility index (Phi) is 4.92. The van der Waals surface area contributed by atoms with Gasteiger partial charge in [-0.2, -0.15) is 0 Å². The molecule has 0 saturated carbocycles. The molecule has 0 aliphatic carbocycles. The Morgan fingerprint density at radius 1 is 1.20 bits per heavy atom. The van der Waals surface area contributed by atoms with Gasteiger partial charge in [0, 0.05) is 5.02 Å². The lowest BCUT2D eigenvalue weighted by Gasteiger charge is -2.14. The van der Waals surface area contributed by atoms with Crippen LogP contribution in [0.2, 0.25) is 10.0 Å². The number of carbonyl (C=O) groups is 2. The molecular weight excluding hydrogens is 367 g/mol. The van der Waals surface area contributed by atoms with Crippen molar-refractivity contribution in [3.63, 3.8) is 0 Å². The standard InChI is InChI=1S/C17H12Cl2N2O4/c1-9(16(22)21-14-7-11(18)3-4-12(14)19)25-17(23)10-2-5-13-15(6-10)24-8-20-13/h2-9H,1H3,(H,21,22). The topological polar surface area (TPSA) is 81.4 Å². The second kappa shape index (κ2) is 7.13. The van der Waals surface area contributed by atoms with Crippen LogP contribution in [0.1, 0.15) is 17.3 Å². The summed E-state index contributed by atoms with van der Waals surface area (Å²) in [5.74, 6) is -1.18. The van der Waals surface area contributed by atoms with E-state index >= 15 is 0 Å². The number of benzene rings is 2. The number of aromatic nitrogens is 1. The second-order valence-electron chi connectivity index (χ2n) is 5.20. The van der Waals surface area contributed by atoms with Gasteiger partial charge >= 0.3 is 5.97 Å². The quantitative estimate of drug-likeness (QED) is 0.683. The largest absolute Gasteiger partial charge is 0.449 e. The summed E-state index contributed by atoms with van der Waals surface area (Å²) in [5, 5.41) is 3.32. The van der Waals surface area contributed by atoms with E-state index in [0.29, 0.717) is 26.8 Å². The molecule has 0 aliphatic rings. The Bertz CT molecular complexity index is 955. The molecule has 1 amide bonds. The first-order valence-corrected chi connectivity index (χ1v) is 8.00. The van der Waals surface area contributed by atoms with Gasteiger partial charge in [0.15, 0.2) is 18.1 Å². The van der Waals surface area contributed by atoms with Crippen LogP contribution in [0.4, 0.5) is 5.69 Å². The highest BCUT2D eigenvalue weighted by Gasteiger charge is 2.20. The average molecular weight is 379 g/mol. The number of hydrogen-bond donors (Lipinski definition) is 1. The molecule has 1 N–H and O–H groups in total. The number of anilines is 1. The summed E-state index contributed by atoms with van der Waals surface area (Å²) >= 11 is 11.9. The zero-order valence-electron chi connectivity index (χ0n) is 13.0. The molecule has 0 saturated heterocycles. The number of nitrogens with one attached hydrogen (secondary N) is 1. The summed E-state index contributed by atoms with van der Waals surface area (Å²) in [7, 11) is 0. The minimum atomic E-state index is -1.03. The summed E-state index contributed by atoms with van der Waals surface area (Å²) in [5.41, 5.74) is 1.67. The normalized spacial score (nSPS) is 12.0. The molecule has 6 nitrogen and oxygen atoms in total.